The highest BCUT2D eigenvalue weighted by molar-refractivity contribution is 6.91. The first-order valence-electron chi connectivity index (χ1n) is 6.47. The maximum absolute atomic E-state index is 2.48. The molecule has 2 rings (SSSR count). The second-order valence-corrected chi connectivity index (χ2v) is 10.4. The Morgan fingerprint density at radius 3 is 2.29 bits per heavy atom. The zero-order chi connectivity index (χ0) is 12.5. The van der Waals surface area contributed by atoms with Crippen LogP contribution in [0.5, 0.6) is 0 Å². The van der Waals surface area contributed by atoms with Gasteiger partial charge in [0.2, 0.25) is 0 Å². The molecule has 0 fully saturated rings. The van der Waals surface area contributed by atoms with Crippen LogP contribution in [0.2, 0.25) is 18.6 Å². The SMILES string of the molecule is CC(C)C1=CC=CC1[Si](C)(C)c1ccccc1. The van der Waals surface area contributed by atoms with E-state index in [4.69, 9.17) is 0 Å². The van der Waals surface area contributed by atoms with Crippen molar-refractivity contribution in [3.63, 3.8) is 0 Å². The first-order valence-corrected chi connectivity index (χ1v) is 9.55. The topological polar surface area (TPSA) is 0 Å². The number of rotatable bonds is 3. The summed E-state index contributed by atoms with van der Waals surface area (Å²) in [7, 11) is -1.43. The highest BCUT2D eigenvalue weighted by Crippen LogP contribution is 2.38. The van der Waals surface area contributed by atoms with Gasteiger partial charge in [-0.25, -0.2) is 0 Å². The fourth-order valence-electron chi connectivity index (χ4n) is 2.75. The Morgan fingerprint density at radius 1 is 1.06 bits per heavy atom. The Balaban J connectivity index is 2.34. The minimum Gasteiger partial charge on any atom is -0.0797 e. The number of allylic oxidation sites excluding steroid dienone is 4. The van der Waals surface area contributed by atoms with Gasteiger partial charge in [-0.2, -0.15) is 0 Å². The molecule has 0 nitrogen and oxygen atoms in total. The molecule has 0 heterocycles. The largest absolute Gasteiger partial charge is 0.0915 e. The van der Waals surface area contributed by atoms with Gasteiger partial charge in [-0.3, -0.25) is 0 Å². The predicted octanol–water partition coefficient (Wildman–Crippen LogP) is 4.12. The molecule has 90 valence electrons. The third-order valence-corrected chi connectivity index (χ3v) is 7.82. The van der Waals surface area contributed by atoms with Crippen molar-refractivity contribution in [2.45, 2.75) is 32.5 Å². The fourth-order valence-corrected chi connectivity index (χ4v) is 6.01. The lowest BCUT2D eigenvalue weighted by molar-refractivity contribution is 0.747. The van der Waals surface area contributed by atoms with Crippen molar-refractivity contribution in [3.8, 4) is 0 Å². The Morgan fingerprint density at radius 2 is 1.71 bits per heavy atom. The van der Waals surface area contributed by atoms with Crippen molar-refractivity contribution < 1.29 is 0 Å². The van der Waals surface area contributed by atoms with E-state index in [2.05, 4.69) is 75.5 Å². The van der Waals surface area contributed by atoms with Crippen molar-refractivity contribution >= 4 is 13.3 Å². The van der Waals surface area contributed by atoms with Crippen molar-refractivity contribution in [2.75, 3.05) is 0 Å². The van der Waals surface area contributed by atoms with Crippen LogP contribution >= 0.6 is 0 Å². The van der Waals surface area contributed by atoms with Gasteiger partial charge in [0, 0.05) is 0 Å². The van der Waals surface area contributed by atoms with Crippen LogP contribution in [-0.2, 0) is 0 Å². The van der Waals surface area contributed by atoms with E-state index in [-0.39, 0.29) is 0 Å². The molecule has 1 aromatic rings. The van der Waals surface area contributed by atoms with Crippen LogP contribution in [0, 0.1) is 5.92 Å². The van der Waals surface area contributed by atoms with E-state index < -0.39 is 8.07 Å². The molecule has 0 N–H and O–H groups in total. The lowest BCUT2D eigenvalue weighted by Crippen LogP contribution is -2.46. The summed E-state index contributed by atoms with van der Waals surface area (Å²) in [5.41, 5.74) is 2.29. The van der Waals surface area contributed by atoms with E-state index in [0.717, 1.165) is 0 Å². The monoisotopic (exact) mass is 242 g/mol. The predicted molar refractivity (Wildman–Crippen MR) is 79.4 cm³/mol. The molecule has 0 radical (unpaired) electrons. The molecule has 0 saturated heterocycles. The molecule has 1 atom stereocenters. The third-order valence-electron chi connectivity index (χ3n) is 3.91. The molecule has 0 aromatic heterocycles. The van der Waals surface area contributed by atoms with Gasteiger partial charge in [0.1, 0.15) is 0 Å². The van der Waals surface area contributed by atoms with Gasteiger partial charge in [0.05, 0.1) is 8.07 Å². The van der Waals surface area contributed by atoms with Crippen LogP contribution in [-0.4, -0.2) is 8.07 Å². The zero-order valence-corrected chi connectivity index (χ0v) is 12.3. The van der Waals surface area contributed by atoms with E-state index in [1.54, 1.807) is 10.8 Å². The van der Waals surface area contributed by atoms with Gasteiger partial charge in [-0.1, -0.05) is 86.3 Å². The lowest BCUT2D eigenvalue weighted by Gasteiger charge is -2.32. The van der Waals surface area contributed by atoms with E-state index >= 15 is 0 Å². The summed E-state index contributed by atoms with van der Waals surface area (Å²) < 4.78 is 0. The smallest absolute Gasteiger partial charge is 0.0797 e. The van der Waals surface area contributed by atoms with Crippen LogP contribution in [0.1, 0.15) is 13.8 Å². The maximum atomic E-state index is 2.48. The summed E-state index contributed by atoms with van der Waals surface area (Å²) in [5, 5.41) is 1.56. The highest BCUT2D eigenvalue weighted by Gasteiger charge is 2.36. The molecule has 1 unspecified atom stereocenters. The molecule has 0 spiro atoms. The number of hydrogen-bond donors (Lipinski definition) is 0. The molecule has 0 saturated carbocycles. The van der Waals surface area contributed by atoms with E-state index in [1.807, 2.05) is 0 Å². The van der Waals surface area contributed by atoms with Crippen molar-refractivity contribution in [3.05, 3.63) is 54.1 Å². The maximum Gasteiger partial charge on any atom is 0.0915 e. The second kappa shape index (κ2) is 4.65. The number of benzene rings is 1. The summed E-state index contributed by atoms with van der Waals surface area (Å²) in [6.45, 7) is 9.58. The molecule has 1 heteroatoms. The van der Waals surface area contributed by atoms with Gasteiger partial charge in [0.15, 0.2) is 0 Å². The molecular formula is C16H22Si. The minimum absolute atomic E-state index is 0.658. The quantitative estimate of drug-likeness (QED) is 0.699. The lowest BCUT2D eigenvalue weighted by atomic mass is 10.0. The molecular weight excluding hydrogens is 220 g/mol. The first-order chi connectivity index (χ1) is 8.03. The fraction of sp³-hybridized carbons (Fsp3) is 0.375. The Hall–Kier alpha value is -1.08. The standard InChI is InChI=1S/C16H22Si/c1-13(2)15-11-8-12-16(15)17(3,4)14-9-6-5-7-10-14/h5-13,16H,1-4H3. The first kappa shape index (κ1) is 12.4. The van der Waals surface area contributed by atoms with Crippen LogP contribution in [0.4, 0.5) is 0 Å². The van der Waals surface area contributed by atoms with Gasteiger partial charge in [0.25, 0.3) is 0 Å². The van der Waals surface area contributed by atoms with Crippen molar-refractivity contribution in [1.29, 1.82) is 0 Å². The minimum atomic E-state index is -1.43. The van der Waals surface area contributed by atoms with Crippen molar-refractivity contribution in [2.24, 2.45) is 5.92 Å². The molecule has 0 bridgehead atoms. The van der Waals surface area contributed by atoms with Gasteiger partial charge in [-0.15, -0.1) is 0 Å². The summed E-state index contributed by atoms with van der Waals surface area (Å²) in [4.78, 5) is 0. The molecule has 1 aliphatic carbocycles. The highest BCUT2D eigenvalue weighted by atomic mass is 28.3. The summed E-state index contributed by atoms with van der Waals surface area (Å²) in [6, 6.07) is 11.0. The molecule has 1 aromatic carbocycles. The van der Waals surface area contributed by atoms with Crippen LogP contribution in [0.15, 0.2) is 54.1 Å². The third kappa shape index (κ3) is 2.30. The summed E-state index contributed by atoms with van der Waals surface area (Å²) in [5.74, 6) is 0.658. The van der Waals surface area contributed by atoms with Crippen LogP contribution in [0.25, 0.3) is 0 Å². The van der Waals surface area contributed by atoms with E-state index in [1.165, 1.54) is 0 Å². The molecule has 1 aliphatic rings. The normalized spacial score (nSPS) is 19.8. The van der Waals surface area contributed by atoms with Crippen LogP contribution in [0.3, 0.4) is 0 Å². The van der Waals surface area contributed by atoms with Gasteiger partial charge < -0.3 is 0 Å². The average Bonchev–Trinajstić information content (AvgIpc) is 2.80. The summed E-state index contributed by atoms with van der Waals surface area (Å²) >= 11 is 0. The molecule has 0 amide bonds. The van der Waals surface area contributed by atoms with E-state index in [9.17, 15) is 0 Å². The average molecular weight is 242 g/mol. The Bertz CT molecular complexity index is 438. The summed E-state index contributed by atoms with van der Waals surface area (Å²) in [6.07, 6.45) is 6.99. The zero-order valence-electron chi connectivity index (χ0n) is 11.3. The van der Waals surface area contributed by atoms with E-state index in [0.29, 0.717) is 11.5 Å². The molecule has 17 heavy (non-hydrogen) atoms. The van der Waals surface area contributed by atoms with Crippen LogP contribution < -0.4 is 5.19 Å². The molecule has 0 aliphatic heterocycles. The van der Waals surface area contributed by atoms with Crippen molar-refractivity contribution in [1.82, 2.24) is 0 Å². The Labute approximate surface area is 106 Å². The van der Waals surface area contributed by atoms with Gasteiger partial charge >= 0.3 is 0 Å². The second-order valence-electron chi connectivity index (χ2n) is 5.77. The Kier molecular flexibility index (Phi) is 3.39. The number of hydrogen-bond acceptors (Lipinski definition) is 0. The van der Waals surface area contributed by atoms with Gasteiger partial charge in [-0.05, 0) is 11.5 Å².